The second-order valence-corrected chi connectivity index (χ2v) is 5.90. The van der Waals surface area contributed by atoms with E-state index < -0.39 is 0 Å². The summed E-state index contributed by atoms with van der Waals surface area (Å²) in [4.78, 5) is 5.78. The van der Waals surface area contributed by atoms with Crippen LogP contribution in [0.3, 0.4) is 0 Å². The lowest BCUT2D eigenvalue weighted by atomic mass is 10.0. The van der Waals surface area contributed by atoms with Crippen LogP contribution in [0.15, 0.2) is 24.3 Å². The second-order valence-electron chi connectivity index (χ2n) is 4.23. The van der Waals surface area contributed by atoms with Gasteiger partial charge in [0.1, 0.15) is 0 Å². The fourth-order valence-corrected chi connectivity index (χ4v) is 3.30. The molecule has 2 aromatic rings. The molecule has 0 radical (unpaired) electrons. The van der Waals surface area contributed by atoms with Gasteiger partial charge in [-0.25, -0.2) is 4.98 Å². The Balaban J connectivity index is 2.42. The van der Waals surface area contributed by atoms with Crippen LogP contribution in [-0.2, 0) is 0 Å². The minimum atomic E-state index is 0.180. The molecule has 0 spiro atoms. The summed E-state index contributed by atoms with van der Waals surface area (Å²) in [6.45, 7) is 7.13. The minimum absolute atomic E-state index is 0.180. The van der Waals surface area contributed by atoms with Crippen molar-refractivity contribution in [3.05, 3.63) is 50.4 Å². The summed E-state index contributed by atoms with van der Waals surface area (Å²) in [5, 5.41) is 5.38. The molecular formula is C14H17ClN2S. The van der Waals surface area contributed by atoms with Gasteiger partial charge in [-0.05, 0) is 38.1 Å². The summed E-state index contributed by atoms with van der Waals surface area (Å²) >= 11 is 7.83. The van der Waals surface area contributed by atoms with E-state index in [0.29, 0.717) is 0 Å². The molecule has 0 aliphatic heterocycles. The number of hydrogen-bond donors (Lipinski definition) is 1. The Morgan fingerprint density at radius 3 is 2.72 bits per heavy atom. The van der Waals surface area contributed by atoms with Crippen LogP contribution in [0.4, 0.5) is 0 Å². The third kappa shape index (κ3) is 2.91. The van der Waals surface area contributed by atoms with E-state index in [1.54, 1.807) is 11.3 Å². The van der Waals surface area contributed by atoms with Crippen molar-refractivity contribution in [3.8, 4) is 0 Å². The van der Waals surface area contributed by atoms with Crippen molar-refractivity contribution in [1.29, 1.82) is 0 Å². The van der Waals surface area contributed by atoms with E-state index in [0.717, 1.165) is 22.3 Å². The number of benzene rings is 1. The number of aryl methyl sites for hydroxylation is 2. The topological polar surface area (TPSA) is 24.9 Å². The van der Waals surface area contributed by atoms with Crippen LogP contribution in [0, 0.1) is 13.8 Å². The fourth-order valence-electron chi connectivity index (χ4n) is 2.07. The van der Waals surface area contributed by atoms with Gasteiger partial charge in [0.05, 0.1) is 16.7 Å². The van der Waals surface area contributed by atoms with Crippen LogP contribution >= 0.6 is 22.9 Å². The molecule has 0 bridgehead atoms. The molecule has 2 nitrogen and oxygen atoms in total. The average Bonchev–Trinajstić information content (AvgIpc) is 2.65. The summed E-state index contributed by atoms with van der Waals surface area (Å²) < 4.78 is 0. The van der Waals surface area contributed by atoms with Crippen molar-refractivity contribution in [2.45, 2.75) is 26.8 Å². The summed E-state index contributed by atoms with van der Waals surface area (Å²) in [6.07, 6.45) is 0. The van der Waals surface area contributed by atoms with Gasteiger partial charge < -0.3 is 5.32 Å². The molecule has 18 heavy (non-hydrogen) atoms. The van der Waals surface area contributed by atoms with E-state index >= 15 is 0 Å². The molecule has 96 valence electrons. The SMILES string of the molecule is CCNC(c1cccc(Cl)c1)c1sc(C)nc1C. The predicted octanol–water partition coefficient (Wildman–Crippen LogP) is 4.11. The number of thiazole rings is 1. The highest BCUT2D eigenvalue weighted by molar-refractivity contribution is 7.11. The van der Waals surface area contributed by atoms with Gasteiger partial charge in [0.25, 0.3) is 0 Å². The number of nitrogens with zero attached hydrogens (tertiary/aromatic N) is 1. The quantitative estimate of drug-likeness (QED) is 0.912. The Morgan fingerprint density at radius 2 is 2.17 bits per heavy atom. The number of rotatable bonds is 4. The zero-order valence-corrected chi connectivity index (χ0v) is 12.4. The molecule has 1 unspecified atom stereocenters. The van der Waals surface area contributed by atoms with Gasteiger partial charge in [-0.1, -0.05) is 30.7 Å². The zero-order valence-electron chi connectivity index (χ0n) is 10.8. The Morgan fingerprint density at radius 1 is 1.39 bits per heavy atom. The van der Waals surface area contributed by atoms with Crippen molar-refractivity contribution >= 4 is 22.9 Å². The molecule has 2 rings (SSSR count). The van der Waals surface area contributed by atoms with E-state index in [9.17, 15) is 0 Å². The van der Waals surface area contributed by atoms with Crippen LogP contribution in [0.25, 0.3) is 0 Å². The van der Waals surface area contributed by atoms with E-state index in [1.165, 1.54) is 10.4 Å². The maximum Gasteiger partial charge on any atom is 0.0900 e. The van der Waals surface area contributed by atoms with Gasteiger partial charge in [-0.2, -0.15) is 0 Å². The molecule has 1 atom stereocenters. The second kappa shape index (κ2) is 5.83. The molecule has 0 saturated heterocycles. The van der Waals surface area contributed by atoms with Crippen LogP contribution in [0.2, 0.25) is 5.02 Å². The fraction of sp³-hybridized carbons (Fsp3) is 0.357. The molecule has 0 fully saturated rings. The standard InChI is InChI=1S/C14H17ClN2S/c1-4-16-13(11-6-5-7-12(15)8-11)14-9(2)17-10(3)18-14/h5-8,13,16H,4H2,1-3H3. The van der Waals surface area contributed by atoms with Crippen LogP contribution < -0.4 is 5.32 Å². The molecule has 0 aliphatic carbocycles. The van der Waals surface area contributed by atoms with Crippen LogP contribution in [0.5, 0.6) is 0 Å². The molecule has 4 heteroatoms. The molecule has 1 N–H and O–H groups in total. The van der Waals surface area contributed by atoms with Crippen molar-refractivity contribution in [2.24, 2.45) is 0 Å². The first-order valence-electron chi connectivity index (χ1n) is 6.04. The highest BCUT2D eigenvalue weighted by atomic mass is 35.5. The Hall–Kier alpha value is -0.900. The van der Waals surface area contributed by atoms with Crippen molar-refractivity contribution < 1.29 is 0 Å². The minimum Gasteiger partial charge on any atom is -0.306 e. The molecule has 1 aromatic carbocycles. The van der Waals surface area contributed by atoms with Crippen molar-refractivity contribution in [2.75, 3.05) is 6.54 Å². The van der Waals surface area contributed by atoms with Gasteiger partial charge in [0.2, 0.25) is 0 Å². The molecule has 0 saturated carbocycles. The van der Waals surface area contributed by atoms with Crippen LogP contribution in [0.1, 0.15) is 34.1 Å². The third-order valence-corrected chi connectivity index (χ3v) is 4.16. The molecule has 0 amide bonds. The lowest BCUT2D eigenvalue weighted by Gasteiger charge is -2.17. The van der Waals surface area contributed by atoms with E-state index in [2.05, 4.69) is 30.2 Å². The number of halogens is 1. The van der Waals surface area contributed by atoms with Gasteiger partial charge in [0, 0.05) is 9.90 Å². The third-order valence-electron chi connectivity index (χ3n) is 2.79. The number of nitrogens with one attached hydrogen (secondary N) is 1. The Labute approximate surface area is 117 Å². The highest BCUT2D eigenvalue weighted by Gasteiger charge is 2.18. The summed E-state index contributed by atoms with van der Waals surface area (Å²) in [6, 6.07) is 8.20. The highest BCUT2D eigenvalue weighted by Crippen LogP contribution is 2.30. The van der Waals surface area contributed by atoms with E-state index in [4.69, 9.17) is 11.6 Å². The smallest absolute Gasteiger partial charge is 0.0900 e. The van der Waals surface area contributed by atoms with Crippen LogP contribution in [-0.4, -0.2) is 11.5 Å². The molecule has 1 aromatic heterocycles. The normalized spacial score (nSPS) is 12.7. The Bertz CT molecular complexity index is 536. The average molecular weight is 281 g/mol. The number of hydrogen-bond acceptors (Lipinski definition) is 3. The first kappa shape index (κ1) is 13.5. The lowest BCUT2D eigenvalue weighted by molar-refractivity contribution is 0.635. The first-order chi connectivity index (χ1) is 8.61. The molecule has 0 aliphatic rings. The summed E-state index contributed by atoms with van der Waals surface area (Å²) in [7, 11) is 0. The van der Waals surface area contributed by atoms with Gasteiger partial charge >= 0.3 is 0 Å². The molecular weight excluding hydrogens is 264 g/mol. The maximum absolute atomic E-state index is 6.08. The zero-order chi connectivity index (χ0) is 13.1. The van der Waals surface area contributed by atoms with Crippen molar-refractivity contribution in [3.63, 3.8) is 0 Å². The predicted molar refractivity (Wildman–Crippen MR) is 78.6 cm³/mol. The lowest BCUT2D eigenvalue weighted by Crippen LogP contribution is -2.21. The first-order valence-corrected chi connectivity index (χ1v) is 7.24. The van der Waals surface area contributed by atoms with E-state index in [1.807, 2.05) is 25.1 Å². The van der Waals surface area contributed by atoms with Gasteiger partial charge in [-0.3, -0.25) is 0 Å². The molecule has 1 heterocycles. The number of aromatic nitrogens is 1. The van der Waals surface area contributed by atoms with E-state index in [-0.39, 0.29) is 6.04 Å². The summed E-state index contributed by atoms with van der Waals surface area (Å²) in [5.41, 5.74) is 2.29. The largest absolute Gasteiger partial charge is 0.306 e. The van der Waals surface area contributed by atoms with Gasteiger partial charge in [-0.15, -0.1) is 11.3 Å². The Kier molecular flexibility index (Phi) is 4.38. The van der Waals surface area contributed by atoms with Crippen molar-refractivity contribution in [1.82, 2.24) is 10.3 Å². The monoisotopic (exact) mass is 280 g/mol. The summed E-state index contributed by atoms with van der Waals surface area (Å²) in [5.74, 6) is 0. The van der Waals surface area contributed by atoms with Gasteiger partial charge in [0.15, 0.2) is 0 Å². The maximum atomic E-state index is 6.08.